The number of hydrogen-bond acceptors (Lipinski definition) is 4. The molecule has 2 rings (SSSR count). The first-order valence-corrected chi connectivity index (χ1v) is 5.46. The molecule has 2 heterocycles. The molecule has 3 nitrogen and oxygen atoms in total. The van der Waals surface area contributed by atoms with Gasteiger partial charge in [-0.05, 0) is 18.2 Å². The van der Waals surface area contributed by atoms with Crippen LogP contribution >= 0.6 is 11.3 Å². The number of thiophene rings is 1. The minimum absolute atomic E-state index is 0.301. The summed E-state index contributed by atoms with van der Waals surface area (Å²) in [6, 6.07) is 3.45. The third-order valence-corrected chi connectivity index (χ3v) is 3.04. The molecule has 0 aliphatic rings. The number of aliphatic hydroxyl groups excluding tert-OH is 1. The predicted molar refractivity (Wildman–Crippen MR) is 61.5 cm³/mol. The Bertz CT molecular complexity index is 496. The van der Waals surface area contributed by atoms with E-state index in [9.17, 15) is 4.39 Å². The smallest absolute Gasteiger partial charge is 0.138 e. The molecule has 0 unspecified atom stereocenters. The normalized spacial score (nSPS) is 11.8. The molecule has 82 valence electrons. The van der Waals surface area contributed by atoms with Crippen LogP contribution in [-0.2, 0) is 0 Å². The molecular formula is C11H9FN2OS. The lowest BCUT2D eigenvalue weighted by atomic mass is 10.3. The molecule has 0 aromatic carbocycles. The van der Waals surface area contributed by atoms with E-state index in [1.165, 1.54) is 11.3 Å². The fourth-order valence-electron chi connectivity index (χ4n) is 1.21. The number of aromatic nitrogens is 2. The van der Waals surface area contributed by atoms with Crippen LogP contribution in [0.2, 0.25) is 0 Å². The van der Waals surface area contributed by atoms with E-state index in [4.69, 9.17) is 5.11 Å². The van der Waals surface area contributed by atoms with Crippen molar-refractivity contribution in [3.05, 3.63) is 41.7 Å². The van der Waals surface area contributed by atoms with Crippen LogP contribution in [-0.4, -0.2) is 21.7 Å². The monoisotopic (exact) mass is 236 g/mol. The van der Waals surface area contributed by atoms with Gasteiger partial charge in [-0.3, -0.25) is 9.97 Å². The Hall–Kier alpha value is -1.59. The highest BCUT2D eigenvalue weighted by Gasteiger charge is 2.07. The first-order valence-electron chi connectivity index (χ1n) is 4.64. The van der Waals surface area contributed by atoms with Gasteiger partial charge < -0.3 is 5.11 Å². The first kappa shape index (κ1) is 10.9. The van der Waals surface area contributed by atoms with Crippen LogP contribution in [0.1, 0.15) is 4.88 Å². The second kappa shape index (κ2) is 4.96. The molecule has 0 aliphatic heterocycles. The molecule has 0 amide bonds. The van der Waals surface area contributed by atoms with Crippen molar-refractivity contribution in [3.63, 3.8) is 0 Å². The Kier molecular flexibility index (Phi) is 3.38. The summed E-state index contributed by atoms with van der Waals surface area (Å²) < 4.78 is 13.3. The number of hydrogen-bond donors (Lipinski definition) is 1. The summed E-state index contributed by atoms with van der Waals surface area (Å²) in [6.07, 6.45) is 5.94. The molecule has 2 aromatic rings. The van der Waals surface area contributed by atoms with Crippen LogP contribution in [0.25, 0.3) is 16.4 Å². The summed E-state index contributed by atoms with van der Waals surface area (Å²) in [5, 5.41) is 8.59. The minimum Gasteiger partial charge on any atom is -0.392 e. The molecule has 0 atom stereocenters. The van der Waals surface area contributed by atoms with E-state index in [-0.39, 0.29) is 6.61 Å². The van der Waals surface area contributed by atoms with E-state index in [1.54, 1.807) is 30.7 Å². The summed E-state index contributed by atoms with van der Waals surface area (Å²) in [6.45, 7) is -0.301. The standard InChI is InChI=1S/C11H9FN2OS/c12-8(3-6-15)10-1-2-11(16-10)9-7-13-4-5-14-9/h1-5,7,15H,6H2/b8-3-. The van der Waals surface area contributed by atoms with Crippen LogP contribution < -0.4 is 0 Å². The summed E-state index contributed by atoms with van der Waals surface area (Å²) in [5.41, 5.74) is 0.718. The van der Waals surface area contributed by atoms with Gasteiger partial charge >= 0.3 is 0 Å². The maximum absolute atomic E-state index is 13.3. The van der Waals surface area contributed by atoms with E-state index in [2.05, 4.69) is 9.97 Å². The fraction of sp³-hybridized carbons (Fsp3) is 0.0909. The molecule has 0 aliphatic carbocycles. The van der Waals surface area contributed by atoms with E-state index >= 15 is 0 Å². The number of rotatable bonds is 3. The highest BCUT2D eigenvalue weighted by atomic mass is 32.1. The molecule has 0 fully saturated rings. The van der Waals surface area contributed by atoms with Gasteiger partial charge in [-0.1, -0.05) is 0 Å². The second-order valence-corrected chi connectivity index (χ2v) is 4.07. The van der Waals surface area contributed by atoms with Crippen molar-refractivity contribution in [2.75, 3.05) is 6.61 Å². The largest absolute Gasteiger partial charge is 0.392 e. The van der Waals surface area contributed by atoms with Crippen molar-refractivity contribution in [3.8, 4) is 10.6 Å². The van der Waals surface area contributed by atoms with Gasteiger partial charge in [0.05, 0.1) is 28.3 Å². The van der Waals surface area contributed by atoms with Crippen molar-refractivity contribution >= 4 is 17.2 Å². The summed E-state index contributed by atoms with van der Waals surface area (Å²) in [4.78, 5) is 9.40. The van der Waals surface area contributed by atoms with Gasteiger partial charge in [0.25, 0.3) is 0 Å². The van der Waals surface area contributed by atoms with Gasteiger partial charge in [-0.25, -0.2) is 4.39 Å². The third kappa shape index (κ3) is 2.32. The van der Waals surface area contributed by atoms with Crippen LogP contribution in [0, 0.1) is 0 Å². The average molecular weight is 236 g/mol. The Morgan fingerprint density at radius 2 is 2.31 bits per heavy atom. The van der Waals surface area contributed by atoms with E-state index < -0.39 is 5.83 Å². The Morgan fingerprint density at radius 3 is 3.00 bits per heavy atom. The van der Waals surface area contributed by atoms with E-state index in [0.29, 0.717) is 4.88 Å². The fourth-order valence-corrected chi connectivity index (χ4v) is 2.11. The molecule has 0 saturated carbocycles. The number of halogens is 1. The Morgan fingerprint density at radius 1 is 1.44 bits per heavy atom. The lowest BCUT2D eigenvalue weighted by molar-refractivity contribution is 0.342. The molecule has 0 bridgehead atoms. The molecule has 0 radical (unpaired) electrons. The van der Waals surface area contributed by atoms with Gasteiger partial charge in [0.15, 0.2) is 0 Å². The van der Waals surface area contributed by atoms with Crippen molar-refractivity contribution < 1.29 is 9.50 Å². The van der Waals surface area contributed by atoms with Crippen molar-refractivity contribution in [1.82, 2.24) is 9.97 Å². The van der Waals surface area contributed by atoms with Crippen LogP contribution in [0.15, 0.2) is 36.8 Å². The topological polar surface area (TPSA) is 46.0 Å². The highest BCUT2D eigenvalue weighted by molar-refractivity contribution is 7.16. The molecular weight excluding hydrogens is 227 g/mol. The van der Waals surface area contributed by atoms with E-state index in [1.807, 2.05) is 0 Å². The summed E-state index contributed by atoms with van der Waals surface area (Å²) in [5.74, 6) is -0.414. The quantitative estimate of drug-likeness (QED) is 0.890. The maximum Gasteiger partial charge on any atom is 0.138 e. The average Bonchev–Trinajstić information content (AvgIpc) is 2.80. The third-order valence-electron chi connectivity index (χ3n) is 1.93. The Labute approximate surface area is 95.9 Å². The lowest BCUT2D eigenvalue weighted by Crippen LogP contribution is -1.79. The van der Waals surface area contributed by atoms with Crippen molar-refractivity contribution in [1.29, 1.82) is 0 Å². The molecule has 0 saturated heterocycles. The first-order chi connectivity index (χ1) is 7.81. The zero-order valence-electron chi connectivity index (χ0n) is 8.30. The van der Waals surface area contributed by atoms with Gasteiger partial charge in [0.1, 0.15) is 5.83 Å². The SMILES string of the molecule is OC/C=C(\F)c1ccc(-c2cnccn2)s1. The molecule has 1 N–H and O–H groups in total. The van der Waals surface area contributed by atoms with Gasteiger partial charge in [-0.15, -0.1) is 11.3 Å². The van der Waals surface area contributed by atoms with Gasteiger partial charge in [0.2, 0.25) is 0 Å². The predicted octanol–water partition coefficient (Wildman–Crippen LogP) is 2.51. The number of aliphatic hydroxyl groups is 1. The van der Waals surface area contributed by atoms with Gasteiger partial charge in [-0.2, -0.15) is 0 Å². The maximum atomic E-state index is 13.3. The van der Waals surface area contributed by atoms with Gasteiger partial charge in [0, 0.05) is 12.4 Å². The van der Waals surface area contributed by atoms with Crippen LogP contribution in [0.5, 0.6) is 0 Å². The highest BCUT2D eigenvalue weighted by Crippen LogP contribution is 2.30. The Balaban J connectivity index is 2.30. The zero-order valence-corrected chi connectivity index (χ0v) is 9.12. The summed E-state index contributed by atoms with van der Waals surface area (Å²) >= 11 is 1.28. The molecule has 16 heavy (non-hydrogen) atoms. The minimum atomic E-state index is -0.414. The second-order valence-electron chi connectivity index (χ2n) is 2.99. The van der Waals surface area contributed by atoms with Crippen LogP contribution in [0.3, 0.4) is 0 Å². The zero-order chi connectivity index (χ0) is 11.4. The molecule has 0 spiro atoms. The molecule has 2 aromatic heterocycles. The van der Waals surface area contributed by atoms with Crippen molar-refractivity contribution in [2.24, 2.45) is 0 Å². The molecule has 5 heteroatoms. The van der Waals surface area contributed by atoms with Crippen LogP contribution in [0.4, 0.5) is 4.39 Å². The number of nitrogens with zero attached hydrogens (tertiary/aromatic N) is 2. The van der Waals surface area contributed by atoms with E-state index in [0.717, 1.165) is 16.6 Å². The lowest BCUT2D eigenvalue weighted by Gasteiger charge is -1.93. The summed E-state index contributed by atoms with van der Waals surface area (Å²) in [7, 11) is 0. The van der Waals surface area contributed by atoms with Crippen molar-refractivity contribution in [2.45, 2.75) is 0 Å².